The number of aromatic nitrogens is 2. The number of carbonyl (C=O) groups excluding carboxylic acids is 1. The summed E-state index contributed by atoms with van der Waals surface area (Å²) in [6, 6.07) is 0. The van der Waals surface area contributed by atoms with Crippen LogP contribution in [0.4, 0.5) is 5.13 Å². The molecule has 1 aromatic rings. The van der Waals surface area contributed by atoms with Crippen LogP contribution in [0, 0.1) is 0 Å². The first-order chi connectivity index (χ1) is 7.59. The Kier molecular flexibility index (Phi) is 5.13. The standard InChI is InChI=1S/C9H16N4O2S/c1-6(2)8-12-9(16-13-8)11-3-4-15-5-7(10)14/h6H,3-5H2,1-2H3,(H2,10,14)(H,11,12,13). The second-order valence-electron chi connectivity index (χ2n) is 3.56. The first-order valence-electron chi connectivity index (χ1n) is 5.03. The van der Waals surface area contributed by atoms with E-state index in [0.29, 0.717) is 19.1 Å². The molecule has 0 aliphatic carbocycles. The molecule has 90 valence electrons. The van der Waals surface area contributed by atoms with Crippen molar-refractivity contribution in [3.05, 3.63) is 5.82 Å². The maximum Gasteiger partial charge on any atom is 0.243 e. The third kappa shape index (κ3) is 4.54. The Morgan fingerprint density at radius 1 is 1.62 bits per heavy atom. The summed E-state index contributed by atoms with van der Waals surface area (Å²) in [7, 11) is 0. The van der Waals surface area contributed by atoms with Gasteiger partial charge in [-0.2, -0.15) is 4.37 Å². The van der Waals surface area contributed by atoms with Crippen molar-refractivity contribution in [1.29, 1.82) is 0 Å². The van der Waals surface area contributed by atoms with Gasteiger partial charge in [-0.25, -0.2) is 4.98 Å². The molecule has 1 rings (SSSR count). The van der Waals surface area contributed by atoms with E-state index >= 15 is 0 Å². The fourth-order valence-electron chi connectivity index (χ4n) is 0.944. The zero-order valence-corrected chi connectivity index (χ0v) is 10.2. The lowest BCUT2D eigenvalue weighted by atomic mass is 10.2. The van der Waals surface area contributed by atoms with E-state index in [1.807, 2.05) is 13.8 Å². The summed E-state index contributed by atoms with van der Waals surface area (Å²) in [6.07, 6.45) is 0. The third-order valence-electron chi connectivity index (χ3n) is 1.73. The molecule has 1 amide bonds. The van der Waals surface area contributed by atoms with Crippen LogP contribution in [-0.4, -0.2) is 35.0 Å². The molecule has 0 aromatic carbocycles. The van der Waals surface area contributed by atoms with Gasteiger partial charge in [0, 0.05) is 24.0 Å². The van der Waals surface area contributed by atoms with E-state index in [0.717, 1.165) is 11.0 Å². The van der Waals surface area contributed by atoms with E-state index in [1.54, 1.807) is 0 Å². The van der Waals surface area contributed by atoms with Gasteiger partial charge in [0.2, 0.25) is 11.0 Å². The first kappa shape index (κ1) is 12.9. The summed E-state index contributed by atoms with van der Waals surface area (Å²) in [6.45, 7) is 5.04. The van der Waals surface area contributed by atoms with Gasteiger partial charge in [0.15, 0.2) is 0 Å². The van der Waals surface area contributed by atoms with Gasteiger partial charge in [0.05, 0.1) is 6.61 Å². The largest absolute Gasteiger partial charge is 0.370 e. The van der Waals surface area contributed by atoms with Gasteiger partial charge in [-0.3, -0.25) is 4.79 Å². The van der Waals surface area contributed by atoms with E-state index < -0.39 is 5.91 Å². The van der Waals surface area contributed by atoms with Crippen LogP contribution < -0.4 is 11.1 Å². The van der Waals surface area contributed by atoms with E-state index in [4.69, 9.17) is 10.5 Å². The molecule has 0 saturated carbocycles. The molecule has 0 unspecified atom stereocenters. The number of nitrogens with two attached hydrogens (primary N) is 1. The molecule has 0 fully saturated rings. The van der Waals surface area contributed by atoms with Crippen LogP contribution in [0.1, 0.15) is 25.6 Å². The minimum Gasteiger partial charge on any atom is -0.370 e. The van der Waals surface area contributed by atoms with Crippen molar-refractivity contribution in [3.63, 3.8) is 0 Å². The summed E-state index contributed by atoms with van der Waals surface area (Å²) in [5.41, 5.74) is 4.92. The fourth-order valence-corrected chi connectivity index (χ4v) is 1.68. The van der Waals surface area contributed by atoms with Crippen LogP contribution in [0.5, 0.6) is 0 Å². The van der Waals surface area contributed by atoms with Crippen molar-refractivity contribution in [3.8, 4) is 0 Å². The number of anilines is 1. The molecular formula is C9H16N4O2S. The number of amides is 1. The quantitative estimate of drug-likeness (QED) is 0.684. The monoisotopic (exact) mass is 244 g/mol. The van der Waals surface area contributed by atoms with E-state index in [9.17, 15) is 4.79 Å². The van der Waals surface area contributed by atoms with E-state index in [-0.39, 0.29) is 6.61 Å². The summed E-state index contributed by atoms with van der Waals surface area (Å²) in [5, 5.41) is 3.83. The number of hydrogen-bond donors (Lipinski definition) is 2. The highest BCUT2D eigenvalue weighted by Gasteiger charge is 2.06. The highest BCUT2D eigenvalue weighted by molar-refractivity contribution is 7.09. The predicted molar refractivity (Wildman–Crippen MR) is 62.5 cm³/mol. The van der Waals surface area contributed by atoms with Crippen molar-refractivity contribution in [2.24, 2.45) is 5.73 Å². The maximum atomic E-state index is 10.4. The second-order valence-corrected chi connectivity index (χ2v) is 4.31. The van der Waals surface area contributed by atoms with Crippen molar-refractivity contribution < 1.29 is 9.53 Å². The van der Waals surface area contributed by atoms with Crippen LogP contribution in [0.2, 0.25) is 0 Å². The number of rotatable bonds is 7. The summed E-state index contributed by atoms with van der Waals surface area (Å²) in [5.74, 6) is 0.710. The number of hydrogen-bond acceptors (Lipinski definition) is 6. The molecule has 1 aromatic heterocycles. The van der Waals surface area contributed by atoms with Crippen LogP contribution in [0.15, 0.2) is 0 Å². The molecule has 0 atom stereocenters. The molecule has 3 N–H and O–H groups in total. The van der Waals surface area contributed by atoms with Gasteiger partial charge < -0.3 is 15.8 Å². The lowest BCUT2D eigenvalue weighted by Gasteiger charge is -2.02. The normalized spacial score (nSPS) is 10.7. The van der Waals surface area contributed by atoms with Crippen molar-refractivity contribution in [2.45, 2.75) is 19.8 Å². The lowest BCUT2D eigenvalue weighted by Crippen LogP contribution is -2.20. The molecule has 0 aliphatic heterocycles. The maximum absolute atomic E-state index is 10.4. The first-order valence-corrected chi connectivity index (χ1v) is 5.80. The van der Waals surface area contributed by atoms with Crippen molar-refractivity contribution in [1.82, 2.24) is 9.36 Å². The number of carbonyl (C=O) groups is 1. The van der Waals surface area contributed by atoms with Gasteiger partial charge in [0.25, 0.3) is 0 Å². The van der Waals surface area contributed by atoms with Gasteiger partial charge >= 0.3 is 0 Å². The minimum absolute atomic E-state index is 0.0466. The number of ether oxygens (including phenoxy) is 1. The minimum atomic E-state index is -0.460. The molecule has 0 spiro atoms. The second kappa shape index (κ2) is 6.39. The zero-order chi connectivity index (χ0) is 12.0. The highest BCUT2D eigenvalue weighted by Crippen LogP contribution is 2.16. The van der Waals surface area contributed by atoms with Gasteiger partial charge in [-0.1, -0.05) is 13.8 Å². The number of primary amides is 1. The van der Waals surface area contributed by atoms with Crippen molar-refractivity contribution >= 4 is 22.6 Å². The molecule has 1 heterocycles. The Balaban J connectivity index is 2.19. The highest BCUT2D eigenvalue weighted by atomic mass is 32.1. The third-order valence-corrected chi connectivity index (χ3v) is 2.41. The van der Waals surface area contributed by atoms with Gasteiger partial charge in [-0.05, 0) is 0 Å². The Morgan fingerprint density at radius 2 is 2.38 bits per heavy atom. The molecular weight excluding hydrogens is 228 g/mol. The molecule has 0 aliphatic rings. The lowest BCUT2D eigenvalue weighted by molar-refractivity contribution is -0.122. The molecule has 7 heteroatoms. The summed E-state index contributed by atoms with van der Waals surface area (Å²) >= 11 is 1.32. The number of nitrogens with one attached hydrogen (secondary N) is 1. The Morgan fingerprint density at radius 3 is 2.94 bits per heavy atom. The zero-order valence-electron chi connectivity index (χ0n) is 9.40. The Bertz CT molecular complexity index is 340. The Hall–Kier alpha value is -1.21. The van der Waals surface area contributed by atoms with Crippen molar-refractivity contribution in [2.75, 3.05) is 25.1 Å². The molecule has 0 saturated heterocycles. The summed E-state index contributed by atoms with van der Waals surface area (Å²) < 4.78 is 9.19. The average Bonchev–Trinajstić information content (AvgIpc) is 2.65. The summed E-state index contributed by atoms with van der Waals surface area (Å²) in [4.78, 5) is 14.7. The van der Waals surface area contributed by atoms with Crippen LogP contribution in [0.3, 0.4) is 0 Å². The van der Waals surface area contributed by atoms with Gasteiger partial charge in [0.1, 0.15) is 12.4 Å². The van der Waals surface area contributed by atoms with Crippen LogP contribution >= 0.6 is 11.5 Å². The van der Waals surface area contributed by atoms with Gasteiger partial charge in [-0.15, -0.1) is 0 Å². The molecule has 6 nitrogen and oxygen atoms in total. The van der Waals surface area contributed by atoms with E-state index in [2.05, 4.69) is 14.7 Å². The SMILES string of the molecule is CC(C)c1nsc(NCCOCC(N)=O)n1. The molecule has 0 radical (unpaired) electrons. The van der Waals surface area contributed by atoms with Crippen LogP contribution in [0.25, 0.3) is 0 Å². The average molecular weight is 244 g/mol. The Labute approximate surface area is 98.4 Å². The topological polar surface area (TPSA) is 90.1 Å². The number of nitrogens with zero attached hydrogens (tertiary/aromatic N) is 2. The molecule has 0 bridgehead atoms. The smallest absolute Gasteiger partial charge is 0.243 e. The molecule has 16 heavy (non-hydrogen) atoms. The predicted octanol–water partition coefficient (Wildman–Crippen LogP) is 0.575. The van der Waals surface area contributed by atoms with E-state index in [1.165, 1.54) is 11.5 Å². The van der Waals surface area contributed by atoms with Crippen LogP contribution in [-0.2, 0) is 9.53 Å². The fraction of sp³-hybridized carbons (Fsp3) is 0.667.